The second-order valence-corrected chi connectivity index (χ2v) is 11.3. The zero-order valence-corrected chi connectivity index (χ0v) is 20.3. The molecule has 10 nitrogen and oxygen atoms in total. The summed E-state index contributed by atoms with van der Waals surface area (Å²) in [7, 11) is -3.47. The van der Waals surface area contributed by atoms with Gasteiger partial charge >= 0.3 is 12.2 Å². The highest BCUT2D eigenvalue weighted by Gasteiger charge is 2.32. The fourth-order valence-electron chi connectivity index (χ4n) is 2.90. The third-order valence-corrected chi connectivity index (χ3v) is 4.75. The highest BCUT2D eigenvalue weighted by atomic mass is 32.2. The van der Waals surface area contributed by atoms with Crippen molar-refractivity contribution in [2.75, 3.05) is 32.4 Å². The average molecular weight is 462 g/mol. The standard InChI is InChI=1S/C10H16N2O2.C10H19NO5S/c1-10(2,3)14-9(13)12-5-4-8(6-11)7-12;1-10(2,3)15-9(12)11-6-5-8(7-11)16-17(4,13)14/h8H,4-5,7H2,1-3H3;8H,5-7H2,1-4H3. The van der Waals surface area contributed by atoms with Crippen LogP contribution in [0, 0.1) is 17.2 Å². The summed E-state index contributed by atoms with van der Waals surface area (Å²) in [6.45, 7) is 12.7. The summed E-state index contributed by atoms with van der Waals surface area (Å²) < 4.78 is 37.1. The molecule has 0 saturated carbocycles. The Kier molecular flexibility index (Phi) is 9.14. The lowest BCUT2D eigenvalue weighted by molar-refractivity contribution is 0.0271. The van der Waals surface area contributed by atoms with E-state index in [2.05, 4.69) is 6.07 Å². The molecule has 0 aliphatic carbocycles. The van der Waals surface area contributed by atoms with Crippen molar-refractivity contribution in [1.29, 1.82) is 5.26 Å². The SMILES string of the molecule is CC(C)(C)OC(=O)N1CCC(C#N)C1.CC(C)(C)OC(=O)N1CCC(OS(C)(=O)=O)C1. The van der Waals surface area contributed by atoms with Crippen LogP contribution in [0.2, 0.25) is 0 Å². The van der Waals surface area contributed by atoms with Gasteiger partial charge in [0.25, 0.3) is 10.1 Å². The highest BCUT2D eigenvalue weighted by molar-refractivity contribution is 7.86. The number of nitriles is 1. The van der Waals surface area contributed by atoms with Crippen molar-refractivity contribution in [3.63, 3.8) is 0 Å². The molecule has 0 bridgehead atoms. The Morgan fingerprint density at radius 2 is 1.35 bits per heavy atom. The van der Waals surface area contributed by atoms with Gasteiger partial charge in [-0.1, -0.05) is 0 Å². The molecule has 2 unspecified atom stereocenters. The normalized spacial score (nSPS) is 21.7. The van der Waals surface area contributed by atoms with Gasteiger partial charge in [0.05, 0.1) is 30.9 Å². The van der Waals surface area contributed by atoms with E-state index in [0.29, 0.717) is 26.1 Å². The third kappa shape index (κ3) is 11.2. The van der Waals surface area contributed by atoms with Crippen molar-refractivity contribution >= 4 is 22.3 Å². The first kappa shape index (κ1) is 27.0. The molecule has 2 atom stereocenters. The predicted molar refractivity (Wildman–Crippen MR) is 114 cm³/mol. The molecule has 2 amide bonds. The summed E-state index contributed by atoms with van der Waals surface area (Å²) in [5.41, 5.74) is -1.01. The summed E-state index contributed by atoms with van der Waals surface area (Å²) in [6, 6.07) is 2.16. The molecule has 2 saturated heterocycles. The minimum absolute atomic E-state index is 0.0254. The molecule has 2 aliphatic rings. The number of ether oxygens (including phenoxy) is 2. The Labute approximate surface area is 185 Å². The maximum absolute atomic E-state index is 11.7. The molecule has 2 fully saturated rings. The highest BCUT2D eigenvalue weighted by Crippen LogP contribution is 2.19. The molecule has 0 aromatic heterocycles. The molecule has 2 rings (SSSR count). The van der Waals surface area contributed by atoms with Crippen LogP contribution in [0.1, 0.15) is 54.4 Å². The molecule has 0 aromatic carbocycles. The van der Waals surface area contributed by atoms with Crippen LogP contribution in [-0.2, 0) is 23.8 Å². The largest absolute Gasteiger partial charge is 0.444 e. The van der Waals surface area contributed by atoms with Crippen LogP contribution in [-0.4, -0.2) is 80.1 Å². The summed E-state index contributed by atoms with van der Waals surface area (Å²) in [5.74, 6) is -0.0254. The number of hydrogen-bond acceptors (Lipinski definition) is 8. The van der Waals surface area contributed by atoms with Crippen molar-refractivity contribution < 1.29 is 31.7 Å². The first-order valence-corrected chi connectivity index (χ1v) is 12.0. The lowest BCUT2D eigenvalue weighted by Crippen LogP contribution is -2.36. The molecule has 31 heavy (non-hydrogen) atoms. The summed E-state index contributed by atoms with van der Waals surface area (Å²) in [5, 5.41) is 8.67. The number of nitrogens with zero attached hydrogens (tertiary/aromatic N) is 3. The first-order valence-electron chi connectivity index (χ1n) is 10.2. The molecular formula is C20H35N3O7S. The number of amides is 2. The van der Waals surface area contributed by atoms with E-state index in [0.717, 1.165) is 12.7 Å². The van der Waals surface area contributed by atoms with E-state index in [9.17, 15) is 18.0 Å². The van der Waals surface area contributed by atoms with Crippen molar-refractivity contribution in [3.8, 4) is 6.07 Å². The molecular weight excluding hydrogens is 426 g/mol. The Bertz CT molecular complexity index is 778. The lowest BCUT2D eigenvalue weighted by Gasteiger charge is -2.24. The van der Waals surface area contributed by atoms with Gasteiger partial charge in [-0.25, -0.2) is 9.59 Å². The van der Waals surface area contributed by atoms with E-state index in [1.54, 1.807) is 25.7 Å². The maximum atomic E-state index is 11.7. The van der Waals surface area contributed by atoms with Gasteiger partial charge in [-0.3, -0.25) is 4.18 Å². The second kappa shape index (κ2) is 10.5. The average Bonchev–Trinajstić information content (AvgIpc) is 3.19. The van der Waals surface area contributed by atoms with Gasteiger partial charge in [0.15, 0.2) is 0 Å². The number of rotatable bonds is 2. The molecule has 0 spiro atoms. The number of hydrogen-bond donors (Lipinski definition) is 0. The summed E-state index contributed by atoms with van der Waals surface area (Å²) in [6.07, 6.45) is 1.07. The van der Waals surface area contributed by atoms with Crippen molar-refractivity contribution in [1.82, 2.24) is 9.80 Å². The van der Waals surface area contributed by atoms with Gasteiger partial charge < -0.3 is 19.3 Å². The molecule has 11 heteroatoms. The number of carbonyl (C=O) groups excluding carboxylic acids is 2. The quantitative estimate of drug-likeness (QED) is 0.575. The minimum atomic E-state index is -3.47. The van der Waals surface area contributed by atoms with Crippen LogP contribution in [0.5, 0.6) is 0 Å². The molecule has 178 valence electrons. The second-order valence-electron chi connectivity index (χ2n) is 9.68. The lowest BCUT2D eigenvalue weighted by atomic mass is 10.1. The van der Waals surface area contributed by atoms with E-state index in [4.69, 9.17) is 18.9 Å². The van der Waals surface area contributed by atoms with E-state index in [1.165, 1.54) is 4.90 Å². The van der Waals surface area contributed by atoms with Gasteiger partial charge in [0.1, 0.15) is 11.2 Å². The van der Waals surface area contributed by atoms with Crippen molar-refractivity contribution in [2.45, 2.75) is 71.7 Å². The topological polar surface area (TPSA) is 126 Å². The summed E-state index contributed by atoms with van der Waals surface area (Å²) in [4.78, 5) is 26.2. The fraction of sp³-hybridized carbons (Fsp3) is 0.850. The van der Waals surface area contributed by atoms with E-state index in [-0.39, 0.29) is 18.6 Å². The van der Waals surface area contributed by atoms with E-state index >= 15 is 0 Å². The van der Waals surface area contributed by atoms with Crippen LogP contribution in [0.25, 0.3) is 0 Å². The van der Waals surface area contributed by atoms with Gasteiger partial charge in [0.2, 0.25) is 0 Å². The van der Waals surface area contributed by atoms with Crippen molar-refractivity contribution in [3.05, 3.63) is 0 Å². The van der Waals surface area contributed by atoms with Crippen molar-refractivity contribution in [2.24, 2.45) is 5.92 Å². The zero-order chi connectivity index (χ0) is 24.0. The fourth-order valence-corrected chi connectivity index (χ4v) is 3.56. The molecule has 0 aromatic rings. The number of likely N-dealkylation sites (tertiary alicyclic amines) is 2. The summed E-state index contributed by atoms with van der Waals surface area (Å²) >= 11 is 0. The minimum Gasteiger partial charge on any atom is -0.444 e. The van der Waals surface area contributed by atoms with Gasteiger partial charge in [-0.2, -0.15) is 13.7 Å². The monoisotopic (exact) mass is 461 g/mol. The Hall–Kier alpha value is -2.06. The third-order valence-electron chi connectivity index (χ3n) is 4.13. The maximum Gasteiger partial charge on any atom is 0.410 e. The predicted octanol–water partition coefficient (Wildman–Crippen LogP) is 2.74. The van der Waals surface area contributed by atoms with E-state index < -0.39 is 33.5 Å². The van der Waals surface area contributed by atoms with Crippen LogP contribution in [0.15, 0.2) is 0 Å². The van der Waals surface area contributed by atoms with Gasteiger partial charge in [0, 0.05) is 19.6 Å². The first-order chi connectivity index (χ1) is 14.0. The molecule has 0 N–H and O–H groups in total. The smallest absolute Gasteiger partial charge is 0.410 e. The van der Waals surface area contributed by atoms with Crippen LogP contribution in [0.4, 0.5) is 9.59 Å². The van der Waals surface area contributed by atoms with Gasteiger partial charge in [-0.15, -0.1) is 0 Å². The Balaban J connectivity index is 0.000000316. The Morgan fingerprint density at radius 3 is 1.74 bits per heavy atom. The number of carbonyl (C=O) groups is 2. The Morgan fingerprint density at radius 1 is 0.903 bits per heavy atom. The van der Waals surface area contributed by atoms with Gasteiger partial charge in [-0.05, 0) is 54.4 Å². The zero-order valence-electron chi connectivity index (χ0n) is 19.5. The molecule has 2 aliphatic heterocycles. The van der Waals surface area contributed by atoms with Crippen LogP contribution >= 0.6 is 0 Å². The molecule has 2 heterocycles. The molecule has 0 radical (unpaired) electrons. The van der Waals surface area contributed by atoms with Crippen LogP contribution in [0.3, 0.4) is 0 Å². The van der Waals surface area contributed by atoms with Crippen LogP contribution < -0.4 is 0 Å². The van der Waals surface area contributed by atoms with E-state index in [1.807, 2.05) is 20.8 Å².